The molecule has 32 heavy (non-hydrogen) atoms. The molecule has 0 saturated carbocycles. The standard InChI is InChI=1S/C23H29FO8/c1-12-9-16(27)19(15(26)8-5-13-3-6-14(30-2)7-4-13)17(10-12)31-23-22(29)21(28)20(24)18(11-25)32-23/h3-4,6-7,9-10,17-23,25,27-29H,5,8,11H2,1-2H3. The second-order valence-electron chi connectivity index (χ2n) is 8.02. The van der Waals surface area contributed by atoms with Gasteiger partial charge in [0.25, 0.3) is 0 Å². The summed E-state index contributed by atoms with van der Waals surface area (Å²) < 4.78 is 30.1. The lowest BCUT2D eigenvalue weighted by molar-refractivity contribution is -0.300. The normalized spacial score (nSPS) is 32.8. The molecule has 0 spiro atoms. The van der Waals surface area contributed by atoms with E-state index in [4.69, 9.17) is 14.2 Å². The third kappa shape index (κ3) is 5.36. The molecule has 1 fully saturated rings. The number of hydrogen-bond acceptors (Lipinski definition) is 8. The smallest absolute Gasteiger partial charge is 0.187 e. The summed E-state index contributed by atoms with van der Waals surface area (Å²) in [5.74, 6) is -0.841. The number of methoxy groups -OCH3 is 1. The molecule has 1 aliphatic heterocycles. The van der Waals surface area contributed by atoms with E-state index in [9.17, 15) is 29.6 Å². The van der Waals surface area contributed by atoms with Gasteiger partial charge in [-0.3, -0.25) is 4.79 Å². The Hall–Kier alpha value is -2.30. The molecule has 2 aliphatic rings. The Kier molecular flexibility index (Phi) is 8.02. The zero-order valence-corrected chi connectivity index (χ0v) is 17.9. The van der Waals surface area contributed by atoms with E-state index in [1.807, 2.05) is 12.1 Å². The molecular weight excluding hydrogens is 423 g/mol. The van der Waals surface area contributed by atoms with Gasteiger partial charge in [-0.15, -0.1) is 0 Å². The van der Waals surface area contributed by atoms with E-state index < -0.39 is 49.4 Å². The summed E-state index contributed by atoms with van der Waals surface area (Å²) in [6.45, 7) is 0.978. The minimum absolute atomic E-state index is 0.115. The highest BCUT2D eigenvalue weighted by Crippen LogP contribution is 2.32. The molecule has 1 aromatic carbocycles. The lowest BCUT2D eigenvalue weighted by Gasteiger charge is -2.40. The summed E-state index contributed by atoms with van der Waals surface area (Å²) in [6.07, 6.45) is -5.85. The van der Waals surface area contributed by atoms with Gasteiger partial charge in [0, 0.05) is 6.42 Å². The van der Waals surface area contributed by atoms with Crippen molar-refractivity contribution in [2.24, 2.45) is 5.92 Å². The summed E-state index contributed by atoms with van der Waals surface area (Å²) in [4.78, 5) is 13.0. The Morgan fingerprint density at radius 3 is 2.50 bits per heavy atom. The van der Waals surface area contributed by atoms with Crippen molar-refractivity contribution in [2.75, 3.05) is 13.7 Å². The summed E-state index contributed by atoms with van der Waals surface area (Å²) in [7, 11) is 1.56. The third-order valence-corrected chi connectivity index (χ3v) is 5.71. The molecule has 8 nitrogen and oxygen atoms in total. The molecule has 0 radical (unpaired) electrons. The Morgan fingerprint density at radius 2 is 1.88 bits per heavy atom. The highest BCUT2D eigenvalue weighted by Gasteiger charge is 2.47. The second kappa shape index (κ2) is 10.5. The van der Waals surface area contributed by atoms with Gasteiger partial charge in [-0.25, -0.2) is 4.39 Å². The zero-order chi connectivity index (χ0) is 23.4. The van der Waals surface area contributed by atoms with Crippen LogP contribution in [0.3, 0.4) is 0 Å². The van der Waals surface area contributed by atoms with Crippen molar-refractivity contribution in [1.82, 2.24) is 0 Å². The topological polar surface area (TPSA) is 126 Å². The first-order valence-corrected chi connectivity index (χ1v) is 10.4. The number of aliphatic hydroxyl groups is 4. The maximum atomic E-state index is 14.0. The second-order valence-corrected chi connectivity index (χ2v) is 8.02. The number of ether oxygens (including phenoxy) is 3. The van der Waals surface area contributed by atoms with E-state index in [0.29, 0.717) is 17.7 Å². The Labute approximate surface area is 185 Å². The zero-order valence-electron chi connectivity index (χ0n) is 17.9. The maximum absolute atomic E-state index is 14.0. The average molecular weight is 452 g/mol. The minimum Gasteiger partial charge on any atom is -0.511 e. The molecule has 1 aliphatic carbocycles. The fourth-order valence-electron chi connectivity index (χ4n) is 3.88. The van der Waals surface area contributed by atoms with Crippen LogP contribution in [-0.4, -0.2) is 76.8 Å². The molecule has 0 bridgehead atoms. The van der Waals surface area contributed by atoms with Gasteiger partial charge in [-0.1, -0.05) is 18.2 Å². The molecule has 4 N–H and O–H groups in total. The Balaban J connectivity index is 1.71. The van der Waals surface area contributed by atoms with Gasteiger partial charge in [0.05, 0.1) is 19.8 Å². The third-order valence-electron chi connectivity index (χ3n) is 5.71. The van der Waals surface area contributed by atoms with Crippen LogP contribution in [0.5, 0.6) is 5.75 Å². The van der Waals surface area contributed by atoms with E-state index >= 15 is 0 Å². The first kappa shape index (κ1) is 24.3. The van der Waals surface area contributed by atoms with Gasteiger partial charge in [-0.05, 0) is 42.7 Å². The number of hydrogen-bond donors (Lipinski definition) is 4. The van der Waals surface area contributed by atoms with Crippen LogP contribution in [0.25, 0.3) is 0 Å². The SMILES string of the molecule is COc1ccc(CCC(=O)C2C(O)=CC(C)=CC2OC2OC(CO)C(F)C(O)C2O)cc1. The molecule has 7 unspecified atom stereocenters. The van der Waals surface area contributed by atoms with Gasteiger partial charge in [0.1, 0.15) is 41.5 Å². The van der Waals surface area contributed by atoms with Crippen molar-refractivity contribution in [3.63, 3.8) is 0 Å². The maximum Gasteiger partial charge on any atom is 0.187 e. The number of carbonyl (C=O) groups excluding carboxylic acids is 1. The lowest BCUT2D eigenvalue weighted by atomic mass is 9.86. The van der Waals surface area contributed by atoms with Crippen LogP contribution in [-0.2, 0) is 20.7 Å². The number of halogens is 1. The van der Waals surface area contributed by atoms with Crippen LogP contribution in [0.1, 0.15) is 18.9 Å². The van der Waals surface area contributed by atoms with Gasteiger partial charge < -0.3 is 34.6 Å². The minimum atomic E-state index is -1.99. The molecule has 0 amide bonds. The number of allylic oxidation sites excluding steroid dienone is 2. The number of rotatable bonds is 8. The van der Waals surface area contributed by atoms with E-state index in [1.54, 1.807) is 32.2 Å². The molecule has 3 rings (SSSR count). The van der Waals surface area contributed by atoms with Gasteiger partial charge >= 0.3 is 0 Å². The number of aryl methyl sites for hydroxylation is 1. The van der Waals surface area contributed by atoms with Crippen molar-refractivity contribution in [3.05, 3.63) is 53.3 Å². The van der Waals surface area contributed by atoms with E-state index in [-0.39, 0.29) is 18.0 Å². The summed E-state index contributed by atoms with van der Waals surface area (Å²) >= 11 is 0. The molecule has 0 aromatic heterocycles. The van der Waals surface area contributed by atoms with Crippen molar-refractivity contribution in [1.29, 1.82) is 0 Å². The molecule has 9 heteroatoms. The van der Waals surface area contributed by atoms with Crippen LogP contribution < -0.4 is 4.74 Å². The molecule has 176 valence electrons. The van der Waals surface area contributed by atoms with Gasteiger partial charge in [0.2, 0.25) is 0 Å². The fourth-order valence-corrected chi connectivity index (χ4v) is 3.88. The lowest BCUT2D eigenvalue weighted by Crippen LogP contribution is -2.58. The number of alkyl halides is 1. The van der Waals surface area contributed by atoms with Crippen LogP contribution in [0.2, 0.25) is 0 Å². The number of Topliss-reactive ketones (excluding diaryl/α,β-unsaturated/α-hetero) is 1. The van der Waals surface area contributed by atoms with E-state index in [2.05, 4.69) is 0 Å². The predicted molar refractivity (Wildman–Crippen MR) is 112 cm³/mol. The predicted octanol–water partition coefficient (Wildman–Crippen LogP) is 1.38. The highest BCUT2D eigenvalue weighted by molar-refractivity contribution is 5.85. The molecule has 1 aromatic rings. The summed E-state index contributed by atoms with van der Waals surface area (Å²) in [5.41, 5.74) is 1.54. The Bertz CT molecular complexity index is 850. The number of ketones is 1. The molecular formula is C23H29FO8. The van der Waals surface area contributed by atoms with Crippen molar-refractivity contribution >= 4 is 5.78 Å². The quantitative estimate of drug-likeness (QED) is 0.466. The Morgan fingerprint density at radius 1 is 1.19 bits per heavy atom. The highest BCUT2D eigenvalue weighted by atomic mass is 19.1. The van der Waals surface area contributed by atoms with E-state index in [1.165, 1.54) is 6.08 Å². The van der Waals surface area contributed by atoms with E-state index in [0.717, 1.165) is 5.56 Å². The van der Waals surface area contributed by atoms with Gasteiger partial charge in [0.15, 0.2) is 12.5 Å². The number of carbonyl (C=O) groups is 1. The fraction of sp³-hybridized carbons (Fsp3) is 0.522. The first-order valence-electron chi connectivity index (χ1n) is 10.4. The first-order chi connectivity index (χ1) is 15.2. The number of benzene rings is 1. The van der Waals surface area contributed by atoms with Crippen molar-refractivity contribution in [3.8, 4) is 5.75 Å². The average Bonchev–Trinajstić information content (AvgIpc) is 2.77. The van der Waals surface area contributed by atoms with Crippen molar-refractivity contribution < 1.29 is 43.8 Å². The number of aliphatic hydroxyl groups excluding tert-OH is 4. The molecule has 7 atom stereocenters. The van der Waals surface area contributed by atoms with Gasteiger partial charge in [-0.2, -0.15) is 0 Å². The van der Waals surface area contributed by atoms with Crippen LogP contribution >= 0.6 is 0 Å². The summed E-state index contributed by atoms with van der Waals surface area (Å²) in [6, 6.07) is 7.27. The molecule has 1 heterocycles. The van der Waals surface area contributed by atoms with Crippen LogP contribution in [0.15, 0.2) is 47.7 Å². The van der Waals surface area contributed by atoms with Crippen molar-refractivity contribution in [2.45, 2.75) is 56.6 Å². The largest absolute Gasteiger partial charge is 0.511 e. The monoisotopic (exact) mass is 452 g/mol. The van der Waals surface area contributed by atoms with Crippen LogP contribution in [0.4, 0.5) is 4.39 Å². The molecule has 1 saturated heterocycles. The summed E-state index contributed by atoms with van der Waals surface area (Å²) in [5, 5.41) is 39.9. The van der Waals surface area contributed by atoms with Crippen LogP contribution in [0, 0.1) is 5.92 Å².